The van der Waals surface area contributed by atoms with Crippen LogP contribution in [0.3, 0.4) is 0 Å². The molecule has 1 aromatic heterocycles. The van der Waals surface area contributed by atoms with Gasteiger partial charge in [-0.15, -0.1) is 0 Å². The summed E-state index contributed by atoms with van der Waals surface area (Å²) < 4.78 is 1.59. The lowest BCUT2D eigenvalue weighted by Gasteiger charge is -2.10. The van der Waals surface area contributed by atoms with Gasteiger partial charge < -0.3 is 10.0 Å². The van der Waals surface area contributed by atoms with Crippen LogP contribution in [0.25, 0.3) is 0 Å². The summed E-state index contributed by atoms with van der Waals surface area (Å²) in [6.07, 6.45) is 0.661. The molecular formula is C7H13N5O2. The van der Waals surface area contributed by atoms with Crippen LogP contribution in [0.4, 0.5) is 5.95 Å². The number of aromatic nitrogens is 4. The number of hydrogen-bond acceptors (Lipinski definition) is 5. The lowest BCUT2D eigenvalue weighted by Crippen LogP contribution is -2.16. The Hall–Kier alpha value is -1.66. The monoisotopic (exact) mass is 199 g/mol. The maximum atomic E-state index is 10.3. The molecule has 0 saturated carbocycles. The van der Waals surface area contributed by atoms with Gasteiger partial charge in [-0.2, -0.15) is 0 Å². The molecular weight excluding hydrogens is 186 g/mol. The maximum absolute atomic E-state index is 10.3. The van der Waals surface area contributed by atoms with Crippen LogP contribution in [-0.4, -0.2) is 45.4 Å². The molecule has 0 amide bonds. The molecule has 0 bridgehead atoms. The second-order valence-electron chi connectivity index (χ2n) is 3.09. The maximum Gasteiger partial charge on any atom is 0.303 e. The number of carbonyl (C=O) groups is 1. The Balaban J connectivity index is 2.50. The molecule has 14 heavy (non-hydrogen) atoms. The molecule has 1 rings (SSSR count). The molecule has 0 aliphatic carbocycles. The lowest BCUT2D eigenvalue weighted by atomic mass is 10.3. The molecule has 0 aliphatic heterocycles. The third-order valence-electron chi connectivity index (χ3n) is 1.67. The van der Waals surface area contributed by atoms with Gasteiger partial charge in [0.15, 0.2) is 0 Å². The van der Waals surface area contributed by atoms with Crippen molar-refractivity contribution in [3.8, 4) is 0 Å². The summed E-state index contributed by atoms with van der Waals surface area (Å²) in [4.78, 5) is 12.1. The van der Waals surface area contributed by atoms with E-state index < -0.39 is 5.97 Å². The molecule has 0 aliphatic rings. The van der Waals surface area contributed by atoms with Gasteiger partial charge in [0, 0.05) is 27.1 Å². The normalized spacial score (nSPS) is 10.1. The van der Waals surface area contributed by atoms with Gasteiger partial charge in [0.05, 0.1) is 0 Å². The van der Waals surface area contributed by atoms with E-state index in [0.29, 0.717) is 18.9 Å². The van der Waals surface area contributed by atoms with Crippen molar-refractivity contribution in [3.05, 3.63) is 0 Å². The van der Waals surface area contributed by atoms with Crippen molar-refractivity contribution in [2.24, 2.45) is 0 Å². The van der Waals surface area contributed by atoms with Crippen molar-refractivity contribution in [1.29, 1.82) is 0 Å². The molecule has 0 atom stereocenters. The summed E-state index contributed by atoms with van der Waals surface area (Å²) in [5.41, 5.74) is 0. The Bertz CT molecular complexity index is 309. The number of aliphatic carboxylic acids is 1. The fraction of sp³-hybridized carbons (Fsp3) is 0.714. The highest BCUT2D eigenvalue weighted by Crippen LogP contribution is 2.04. The predicted octanol–water partition coefficient (Wildman–Crippen LogP) is -0.396. The first-order chi connectivity index (χ1) is 6.61. The third-order valence-corrected chi connectivity index (χ3v) is 1.67. The Morgan fingerprint density at radius 2 is 2.29 bits per heavy atom. The van der Waals surface area contributed by atoms with Crippen LogP contribution in [0, 0.1) is 0 Å². The molecule has 0 saturated heterocycles. The lowest BCUT2D eigenvalue weighted by molar-refractivity contribution is -0.137. The van der Waals surface area contributed by atoms with Crippen molar-refractivity contribution >= 4 is 11.9 Å². The summed E-state index contributed by atoms with van der Waals surface area (Å²) >= 11 is 0. The minimum absolute atomic E-state index is 0.132. The SMILES string of the molecule is CN(C)c1nnnn1CCCC(=O)O. The van der Waals surface area contributed by atoms with Gasteiger partial charge in [-0.05, 0) is 16.8 Å². The second-order valence-corrected chi connectivity index (χ2v) is 3.09. The van der Waals surface area contributed by atoms with E-state index in [1.165, 1.54) is 0 Å². The number of hydrogen-bond donors (Lipinski definition) is 1. The zero-order valence-electron chi connectivity index (χ0n) is 8.21. The van der Waals surface area contributed by atoms with Crippen LogP contribution in [0.2, 0.25) is 0 Å². The Labute approximate surface area is 81.3 Å². The minimum Gasteiger partial charge on any atom is -0.481 e. The number of rotatable bonds is 5. The van der Waals surface area contributed by atoms with Gasteiger partial charge in [-0.25, -0.2) is 4.68 Å². The van der Waals surface area contributed by atoms with Crippen molar-refractivity contribution in [3.63, 3.8) is 0 Å². The zero-order valence-corrected chi connectivity index (χ0v) is 8.21. The molecule has 7 nitrogen and oxygen atoms in total. The highest BCUT2D eigenvalue weighted by Gasteiger charge is 2.07. The Kier molecular flexibility index (Phi) is 3.38. The van der Waals surface area contributed by atoms with Crippen LogP contribution in [-0.2, 0) is 11.3 Å². The molecule has 1 aromatic rings. The summed E-state index contributed by atoms with van der Waals surface area (Å²) in [6, 6.07) is 0. The van der Waals surface area contributed by atoms with Crippen LogP contribution in [0.15, 0.2) is 0 Å². The van der Waals surface area contributed by atoms with E-state index in [1.54, 1.807) is 9.58 Å². The van der Waals surface area contributed by atoms with Gasteiger partial charge in [0.1, 0.15) is 0 Å². The molecule has 0 fully saturated rings. The third kappa shape index (κ3) is 2.68. The smallest absolute Gasteiger partial charge is 0.303 e. The van der Waals surface area contributed by atoms with E-state index in [4.69, 9.17) is 5.11 Å². The van der Waals surface area contributed by atoms with Crippen molar-refractivity contribution in [2.75, 3.05) is 19.0 Å². The largest absolute Gasteiger partial charge is 0.481 e. The summed E-state index contributed by atoms with van der Waals surface area (Å²) in [6.45, 7) is 0.521. The summed E-state index contributed by atoms with van der Waals surface area (Å²) in [5.74, 6) is -0.167. The van der Waals surface area contributed by atoms with E-state index in [9.17, 15) is 4.79 Å². The van der Waals surface area contributed by atoms with E-state index in [-0.39, 0.29) is 6.42 Å². The van der Waals surface area contributed by atoms with Crippen LogP contribution in [0.5, 0.6) is 0 Å². The first kappa shape index (κ1) is 10.4. The average Bonchev–Trinajstić information content (AvgIpc) is 2.51. The fourth-order valence-electron chi connectivity index (χ4n) is 1.04. The number of nitrogens with zero attached hydrogens (tertiary/aromatic N) is 5. The van der Waals surface area contributed by atoms with E-state index in [0.717, 1.165) is 0 Å². The first-order valence-corrected chi connectivity index (χ1v) is 4.26. The molecule has 7 heteroatoms. The predicted molar refractivity (Wildman–Crippen MR) is 49.0 cm³/mol. The Morgan fingerprint density at radius 3 is 2.86 bits per heavy atom. The van der Waals surface area contributed by atoms with Crippen LogP contribution >= 0.6 is 0 Å². The van der Waals surface area contributed by atoms with Gasteiger partial charge in [0.25, 0.3) is 0 Å². The average molecular weight is 199 g/mol. The molecule has 1 N–H and O–H groups in total. The fourth-order valence-corrected chi connectivity index (χ4v) is 1.04. The summed E-state index contributed by atoms with van der Waals surface area (Å²) in [5, 5.41) is 19.5. The van der Waals surface area contributed by atoms with Gasteiger partial charge in [0.2, 0.25) is 5.95 Å². The Morgan fingerprint density at radius 1 is 1.57 bits per heavy atom. The van der Waals surface area contributed by atoms with Crippen molar-refractivity contribution < 1.29 is 9.90 Å². The van der Waals surface area contributed by atoms with Gasteiger partial charge >= 0.3 is 5.97 Å². The van der Waals surface area contributed by atoms with Crippen molar-refractivity contribution in [1.82, 2.24) is 20.2 Å². The standard InChI is InChI=1S/C7H13N5O2/c1-11(2)7-8-9-10-12(7)5-3-4-6(13)14/h3-5H2,1-2H3,(H,13,14). The second kappa shape index (κ2) is 4.54. The van der Waals surface area contributed by atoms with Gasteiger partial charge in [-0.1, -0.05) is 5.10 Å². The number of anilines is 1. The molecule has 1 heterocycles. The quantitative estimate of drug-likeness (QED) is 0.694. The number of tetrazole rings is 1. The molecule has 78 valence electrons. The van der Waals surface area contributed by atoms with Gasteiger partial charge in [-0.3, -0.25) is 4.79 Å². The first-order valence-electron chi connectivity index (χ1n) is 4.26. The minimum atomic E-state index is -0.801. The number of carboxylic acids is 1. The number of aryl methyl sites for hydroxylation is 1. The topological polar surface area (TPSA) is 84.1 Å². The molecule has 0 spiro atoms. The van der Waals surface area contributed by atoms with E-state index in [1.807, 2.05) is 14.1 Å². The van der Waals surface area contributed by atoms with Crippen LogP contribution in [0.1, 0.15) is 12.8 Å². The summed E-state index contributed by atoms with van der Waals surface area (Å²) in [7, 11) is 3.67. The van der Waals surface area contributed by atoms with Crippen molar-refractivity contribution in [2.45, 2.75) is 19.4 Å². The van der Waals surface area contributed by atoms with Crippen LogP contribution < -0.4 is 4.90 Å². The number of carboxylic acid groups (broad SMARTS) is 1. The highest BCUT2D eigenvalue weighted by molar-refractivity contribution is 5.66. The van der Waals surface area contributed by atoms with E-state index in [2.05, 4.69) is 15.5 Å². The highest BCUT2D eigenvalue weighted by atomic mass is 16.4. The molecule has 0 unspecified atom stereocenters. The zero-order chi connectivity index (χ0) is 10.6. The molecule has 0 aromatic carbocycles. The van der Waals surface area contributed by atoms with E-state index >= 15 is 0 Å². The molecule has 0 radical (unpaired) electrons.